The first-order valence-electron chi connectivity index (χ1n) is 6.80. The topological polar surface area (TPSA) is 15.3 Å². The summed E-state index contributed by atoms with van der Waals surface area (Å²) in [5, 5.41) is 3.28. The van der Waals surface area contributed by atoms with Gasteiger partial charge < -0.3 is 10.2 Å². The van der Waals surface area contributed by atoms with E-state index in [-0.39, 0.29) is 0 Å². The number of anilines is 1. The minimum atomic E-state index is 0.435. The molecule has 0 bridgehead atoms. The SMILES string of the molecule is CCC1CCCN1c1ccc(C(C)NC)cc1. The van der Waals surface area contributed by atoms with Gasteiger partial charge in [-0.25, -0.2) is 0 Å². The maximum Gasteiger partial charge on any atom is 0.0368 e. The lowest BCUT2D eigenvalue weighted by Gasteiger charge is -2.26. The molecule has 1 aromatic rings. The Morgan fingerprint density at radius 2 is 2.06 bits per heavy atom. The summed E-state index contributed by atoms with van der Waals surface area (Å²) in [4.78, 5) is 2.56. The van der Waals surface area contributed by atoms with E-state index in [9.17, 15) is 0 Å². The van der Waals surface area contributed by atoms with Gasteiger partial charge in [-0.05, 0) is 50.9 Å². The van der Waals surface area contributed by atoms with Crippen LogP contribution in [0.15, 0.2) is 24.3 Å². The number of nitrogens with zero attached hydrogens (tertiary/aromatic N) is 1. The van der Waals surface area contributed by atoms with E-state index >= 15 is 0 Å². The van der Waals surface area contributed by atoms with Crippen LogP contribution in [0.4, 0.5) is 5.69 Å². The second-order valence-corrected chi connectivity index (χ2v) is 5.00. The summed E-state index contributed by atoms with van der Waals surface area (Å²) in [5.74, 6) is 0. The average Bonchev–Trinajstić information content (AvgIpc) is 2.86. The van der Waals surface area contributed by atoms with Crippen LogP contribution in [-0.4, -0.2) is 19.6 Å². The van der Waals surface area contributed by atoms with E-state index in [4.69, 9.17) is 0 Å². The molecule has 2 heteroatoms. The van der Waals surface area contributed by atoms with E-state index in [1.165, 1.54) is 37.1 Å². The van der Waals surface area contributed by atoms with Gasteiger partial charge in [-0.2, -0.15) is 0 Å². The Morgan fingerprint density at radius 1 is 1.35 bits per heavy atom. The third-order valence-corrected chi connectivity index (χ3v) is 4.01. The third kappa shape index (κ3) is 2.63. The van der Waals surface area contributed by atoms with E-state index in [0.717, 1.165) is 6.04 Å². The van der Waals surface area contributed by atoms with Crippen LogP contribution in [0.1, 0.15) is 44.7 Å². The molecule has 0 saturated carbocycles. The second-order valence-electron chi connectivity index (χ2n) is 5.00. The average molecular weight is 232 g/mol. The number of benzene rings is 1. The maximum absolute atomic E-state index is 3.28. The van der Waals surface area contributed by atoms with Gasteiger partial charge in [0, 0.05) is 24.3 Å². The zero-order valence-corrected chi connectivity index (χ0v) is 11.2. The summed E-state index contributed by atoms with van der Waals surface area (Å²) >= 11 is 0. The number of rotatable bonds is 4. The molecule has 94 valence electrons. The van der Waals surface area contributed by atoms with Gasteiger partial charge in [-0.3, -0.25) is 0 Å². The van der Waals surface area contributed by atoms with E-state index in [1.54, 1.807) is 0 Å². The van der Waals surface area contributed by atoms with E-state index < -0.39 is 0 Å². The molecule has 0 aromatic heterocycles. The van der Waals surface area contributed by atoms with Crippen LogP contribution in [0, 0.1) is 0 Å². The summed E-state index contributed by atoms with van der Waals surface area (Å²) in [6.45, 7) is 5.71. The predicted octanol–water partition coefficient (Wildman–Crippen LogP) is 3.35. The molecule has 2 rings (SSSR count). The van der Waals surface area contributed by atoms with Gasteiger partial charge in [0.1, 0.15) is 0 Å². The van der Waals surface area contributed by atoms with Gasteiger partial charge in [0.05, 0.1) is 0 Å². The highest BCUT2D eigenvalue weighted by atomic mass is 15.2. The normalized spacial score (nSPS) is 21.8. The summed E-state index contributed by atoms with van der Waals surface area (Å²) in [6, 6.07) is 10.2. The Bertz CT molecular complexity index is 344. The lowest BCUT2D eigenvalue weighted by molar-refractivity contribution is 0.642. The van der Waals surface area contributed by atoms with Crippen molar-refractivity contribution in [2.45, 2.75) is 45.2 Å². The van der Waals surface area contributed by atoms with Gasteiger partial charge in [0.15, 0.2) is 0 Å². The fourth-order valence-electron chi connectivity index (χ4n) is 2.72. The molecule has 1 heterocycles. The highest BCUT2D eigenvalue weighted by Crippen LogP contribution is 2.28. The molecule has 0 radical (unpaired) electrons. The second kappa shape index (κ2) is 5.54. The fraction of sp³-hybridized carbons (Fsp3) is 0.600. The van der Waals surface area contributed by atoms with Gasteiger partial charge in [-0.15, -0.1) is 0 Å². The molecule has 17 heavy (non-hydrogen) atoms. The van der Waals surface area contributed by atoms with Crippen molar-refractivity contribution in [2.75, 3.05) is 18.5 Å². The smallest absolute Gasteiger partial charge is 0.0368 e. The molecule has 0 spiro atoms. The van der Waals surface area contributed by atoms with Crippen LogP contribution in [0.25, 0.3) is 0 Å². The van der Waals surface area contributed by atoms with Crippen LogP contribution in [0.5, 0.6) is 0 Å². The lowest BCUT2D eigenvalue weighted by atomic mass is 10.1. The molecule has 0 aliphatic carbocycles. The molecule has 1 N–H and O–H groups in total. The molecule has 1 aliphatic rings. The molecular weight excluding hydrogens is 208 g/mol. The zero-order chi connectivity index (χ0) is 12.3. The van der Waals surface area contributed by atoms with Crippen LogP contribution < -0.4 is 10.2 Å². The summed E-state index contributed by atoms with van der Waals surface area (Å²) in [6.07, 6.45) is 3.95. The van der Waals surface area contributed by atoms with E-state index in [2.05, 4.69) is 48.3 Å². The molecular formula is C15H24N2. The standard InChI is InChI=1S/C15H24N2/c1-4-14-6-5-11-17(14)15-9-7-13(8-10-15)12(2)16-3/h7-10,12,14,16H,4-6,11H2,1-3H3. The molecule has 2 unspecified atom stereocenters. The molecule has 2 nitrogen and oxygen atoms in total. The van der Waals surface area contributed by atoms with E-state index in [0.29, 0.717) is 6.04 Å². The predicted molar refractivity (Wildman–Crippen MR) is 74.6 cm³/mol. The number of hydrogen-bond donors (Lipinski definition) is 1. The van der Waals surface area contributed by atoms with Crippen molar-refractivity contribution in [1.82, 2.24) is 5.32 Å². The summed E-state index contributed by atoms with van der Waals surface area (Å²) in [7, 11) is 2.01. The van der Waals surface area contributed by atoms with Crippen molar-refractivity contribution in [1.29, 1.82) is 0 Å². The van der Waals surface area contributed by atoms with E-state index in [1.807, 2.05) is 7.05 Å². The first kappa shape index (κ1) is 12.4. The van der Waals surface area contributed by atoms with Crippen molar-refractivity contribution in [3.05, 3.63) is 29.8 Å². The largest absolute Gasteiger partial charge is 0.369 e. The van der Waals surface area contributed by atoms with Crippen LogP contribution in [-0.2, 0) is 0 Å². The van der Waals surface area contributed by atoms with Gasteiger partial charge >= 0.3 is 0 Å². The maximum atomic E-state index is 3.28. The minimum Gasteiger partial charge on any atom is -0.369 e. The van der Waals surface area contributed by atoms with Gasteiger partial charge in [-0.1, -0.05) is 19.1 Å². The molecule has 1 fully saturated rings. The first-order valence-corrected chi connectivity index (χ1v) is 6.80. The molecule has 1 saturated heterocycles. The van der Waals surface area contributed by atoms with Crippen molar-refractivity contribution in [3.8, 4) is 0 Å². The Hall–Kier alpha value is -1.02. The van der Waals surface area contributed by atoms with Crippen LogP contribution in [0.2, 0.25) is 0 Å². The summed E-state index contributed by atoms with van der Waals surface area (Å²) < 4.78 is 0. The first-order chi connectivity index (χ1) is 8.26. The zero-order valence-electron chi connectivity index (χ0n) is 11.2. The van der Waals surface area contributed by atoms with Gasteiger partial charge in [0.25, 0.3) is 0 Å². The molecule has 1 aromatic carbocycles. The highest BCUT2D eigenvalue weighted by molar-refractivity contribution is 5.49. The van der Waals surface area contributed by atoms with Crippen molar-refractivity contribution in [2.24, 2.45) is 0 Å². The fourth-order valence-corrected chi connectivity index (χ4v) is 2.72. The van der Waals surface area contributed by atoms with Crippen LogP contribution in [0.3, 0.4) is 0 Å². The molecule has 1 aliphatic heterocycles. The van der Waals surface area contributed by atoms with Crippen molar-refractivity contribution in [3.63, 3.8) is 0 Å². The lowest BCUT2D eigenvalue weighted by Crippen LogP contribution is -2.28. The number of nitrogens with one attached hydrogen (secondary N) is 1. The van der Waals surface area contributed by atoms with Gasteiger partial charge in [0.2, 0.25) is 0 Å². The van der Waals surface area contributed by atoms with Crippen molar-refractivity contribution < 1.29 is 0 Å². The Labute approximate surface area is 105 Å². The Balaban J connectivity index is 2.12. The quantitative estimate of drug-likeness (QED) is 0.856. The van der Waals surface area contributed by atoms with Crippen LogP contribution >= 0.6 is 0 Å². The third-order valence-electron chi connectivity index (χ3n) is 4.01. The highest BCUT2D eigenvalue weighted by Gasteiger charge is 2.22. The summed E-state index contributed by atoms with van der Waals surface area (Å²) in [5.41, 5.74) is 2.75. The molecule has 0 amide bonds. The minimum absolute atomic E-state index is 0.435. The molecule has 2 atom stereocenters. The monoisotopic (exact) mass is 232 g/mol. The Kier molecular flexibility index (Phi) is 4.06. The van der Waals surface area contributed by atoms with Crippen molar-refractivity contribution >= 4 is 5.69 Å². The number of hydrogen-bond acceptors (Lipinski definition) is 2. The Morgan fingerprint density at radius 3 is 2.65 bits per heavy atom.